The molecule has 0 aliphatic carbocycles. The van der Waals surface area contributed by atoms with E-state index in [2.05, 4.69) is 10.3 Å². The first-order valence-corrected chi connectivity index (χ1v) is 13.6. The first-order chi connectivity index (χ1) is 18.5. The molecule has 1 saturated heterocycles. The van der Waals surface area contributed by atoms with E-state index in [1.54, 1.807) is 48.3 Å². The largest absolute Gasteiger partial charge is 0.443 e. The van der Waals surface area contributed by atoms with Crippen molar-refractivity contribution in [2.75, 3.05) is 18.5 Å². The van der Waals surface area contributed by atoms with E-state index in [1.807, 2.05) is 0 Å². The molecular formula is C27H25F3N4O4S. The Morgan fingerprint density at radius 1 is 1.13 bits per heavy atom. The minimum Gasteiger partial charge on any atom is -0.443 e. The highest BCUT2D eigenvalue weighted by atomic mass is 32.2. The van der Waals surface area contributed by atoms with Gasteiger partial charge in [-0.05, 0) is 60.9 Å². The Labute approximate surface area is 223 Å². The van der Waals surface area contributed by atoms with Crippen LogP contribution < -0.4 is 10.2 Å². The van der Waals surface area contributed by atoms with Crippen molar-refractivity contribution in [2.45, 2.75) is 36.7 Å². The van der Waals surface area contributed by atoms with Crippen LogP contribution in [0.3, 0.4) is 0 Å². The number of benzene rings is 2. The number of hydrogen-bond donors (Lipinski definition) is 1. The fraction of sp³-hybridized carbons (Fsp3) is 0.259. The Balaban J connectivity index is 1.26. The molecule has 4 aromatic rings. The SMILES string of the molecule is CN(c1ccc(C(F)(F)F)cc1)c1cc(CNC(=O)[C@@H]2CCCN2S(=O)(=O)c2cc3ccccc3o2)ccn1. The van der Waals surface area contributed by atoms with Crippen molar-refractivity contribution >= 4 is 38.4 Å². The summed E-state index contributed by atoms with van der Waals surface area (Å²) in [5, 5.41) is 3.26. The number of aromatic nitrogens is 1. The topological polar surface area (TPSA) is 95.8 Å². The number of anilines is 2. The first-order valence-electron chi connectivity index (χ1n) is 12.2. The Morgan fingerprint density at radius 3 is 2.59 bits per heavy atom. The maximum Gasteiger partial charge on any atom is 0.416 e. The van der Waals surface area contributed by atoms with E-state index in [4.69, 9.17) is 4.42 Å². The van der Waals surface area contributed by atoms with Crippen LogP contribution in [0.5, 0.6) is 0 Å². The number of alkyl halides is 3. The third-order valence-corrected chi connectivity index (χ3v) is 8.44. The molecule has 1 amide bonds. The van der Waals surface area contributed by atoms with Gasteiger partial charge in [0.1, 0.15) is 17.4 Å². The molecule has 1 aliphatic rings. The molecule has 1 atom stereocenters. The number of rotatable bonds is 7. The van der Waals surface area contributed by atoms with Gasteiger partial charge in [-0.1, -0.05) is 18.2 Å². The highest BCUT2D eigenvalue weighted by Gasteiger charge is 2.41. The van der Waals surface area contributed by atoms with E-state index < -0.39 is 33.7 Å². The minimum absolute atomic E-state index is 0.115. The van der Waals surface area contributed by atoms with Crippen LogP contribution >= 0.6 is 0 Å². The van der Waals surface area contributed by atoms with Crippen LogP contribution in [0.2, 0.25) is 0 Å². The van der Waals surface area contributed by atoms with Crippen molar-refractivity contribution in [1.29, 1.82) is 0 Å². The van der Waals surface area contributed by atoms with Crippen molar-refractivity contribution in [3.8, 4) is 0 Å². The van der Waals surface area contributed by atoms with Gasteiger partial charge in [-0.25, -0.2) is 13.4 Å². The number of hydrogen-bond acceptors (Lipinski definition) is 6. The number of carbonyl (C=O) groups is 1. The predicted molar refractivity (Wildman–Crippen MR) is 139 cm³/mol. The van der Waals surface area contributed by atoms with Crippen LogP contribution in [0.4, 0.5) is 24.7 Å². The van der Waals surface area contributed by atoms with Crippen molar-refractivity contribution < 1.29 is 30.8 Å². The monoisotopic (exact) mass is 558 g/mol. The van der Waals surface area contributed by atoms with Gasteiger partial charge in [-0.3, -0.25) is 4.79 Å². The first kappa shape index (κ1) is 26.7. The number of sulfonamides is 1. The van der Waals surface area contributed by atoms with Crippen LogP contribution in [0.1, 0.15) is 24.0 Å². The summed E-state index contributed by atoms with van der Waals surface area (Å²) in [6.07, 6.45) is -1.97. The van der Waals surface area contributed by atoms with Gasteiger partial charge in [-0.2, -0.15) is 17.5 Å². The number of carbonyl (C=O) groups excluding carboxylic acids is 1. The van der Waals surface area contributed by atoms with Gasteiger partial charge in [0.05, 0.1) is 5.56 Å². The lowest BCUT2D eigenvalue weighted by molar-refractivity contribution is -0.137. The van der Waals surface area contributed by atoms with Crippen LogP contribution in [0.25, 0.3) is 11.0 Å². The molecule has 39 heavy (non-hydrogen) atoms. The van der Waals surface area contributed by atoms with E-state index in [0.29, 0.717) is 40.9 Å². The summed E-state index contributed by atoms with van der Waals surface area (Å²) in [6, 6.07) is 15.7. The van der Waals surface area contributed by atoms with E-state index >= 15 is 0 Å². The van der Waals surface area contributed by atoms with Crippen LogP contribution in [0.15, 0.2) is 82.4 Å². The van der Waals surface area contributed by atoms with Gasteiger partial charge in [0.15, 0.2) is 0 Å². The molecule has 0 bridgehead atoms. The molecule has 1 aliphatic heterocycles. The zero-order valence-electron chi connectivity index (χ0n) is 20.9. The average molecular weight is 559 g/mol. The molecule has 0 spiro atoms. The van der Waals surface area contributed by atoms with Crippen molar-refractivity contribution in [2.24, 2.45) is 0 Å². The number of furan rings is 1. The third-order valence-electron chi connectivity index (χ3n) is 6.67. The Bertz CT molecular complexity index is 1570. The smallest absolute Gasteiger partial charge is 0.416 e. The lowest BCUT2D eigenvalue weighted by Crippen LogP contribution is -2.45. The number of para-hydroxylation sites is 1. The van der Waals surface area contributed by atoms with Crippen molar-refractivity contribution in [3.05, 3.63) is 84.1 Å². The third kappa shape index (κ3) is 5.48. The maximum atomic E-state index is 13.3. The highest BCUT2D eigenvalue weighted by Crippen LogP contribution is 2.32. The summed E-state index contributed by atoms with van der Waals surface area (Å²) in [5.74, 6) is 0.0399. The van der Waals surface area contributed by atoms with Gasteiger partial charge in [-0.15, -0.1) is 0 Å². The number of fused-ring (bicyclic) bond motifs is 1. The van der Waals surface area contributed by atoms with Crippen molar-refractivity contribution in [3.63, 3.8) is 0 Å². The second-order valence-corrected chi connectivity index (χ2v) is 11.0. The fourth-order valence-electron chi connectivity index (χ4n) is 4.56. The number of halogens is 3. The molecule has 8 nitrogen and oxygen atoms in total. The summed E-state index contributed by atoms with van der Waals surface area (Å²) in [5.41, 5.74) is 0.907. The Hall–Kier alpha value is -3.90. The molecule has 204 valence electrons. The quantitative estimate of drug-likeness (QED) is 0.340. The Kier molecular flexibility index (Phi) is 7.08. The molecule has 0 unspecified atom stereocenters. The molecule has 1 fully saturated rings. The summed E-state index contributed by atoms with van der Waals surface area (Å²) in [7, 11) is -2.35. The number of pyridine rings is 1. The number of amides is 1. The van der Waals surface area contributed by atoms with Crippen LogP contribution in [0, 0.1) is 0 Å². The van der Waals surface area contributed by atoms with E-state index in [-0.39, 0.29) is 18.2 Å². The molecule has 5 rings (SSSR count). The van der Waals surface area contributed by atoms with Gasteiger partial charge < -0.3 is 14.6 Å². The standard InChI is InChI=1S/C27H25F3N4O4S/c1-33(21-10-8-20(9-11-21)27(28,29)30)24-15-18(12-13-31-24)17-32-26(35)22-6-4-14-34(22)39(36,37)25-16-19-5-2-3-7-23(19)38-25/h2-3,5,7-13,15-16,22H,4,6,14,17H2,1H3,(H,32,35)/t22-/m0/s1. The summed E-state index contributed by atoms with van der Waals surface area (Å²) < 4.78 is 72.0. The van der Waals surface area contributed by atoms with E-state index in [1.165, 1.54) is 28.7 Å². The van der Waals surface area contributed by atoms with Crippen molar-refractivity contribution in [1.82, 2.24) is 14.6 Å². The zero-order chi connectivity index (χ0) is 27.8. The normalized spacial score (nSPS) is 16.5. The number of nitrogens with zero attached hydrogens (tertiary/aromatic N) is 3. The molecule has 3 heterocycles. The molecule has 12 heteroatoms. The summed E-state index contributed by atoms with van der Waals surface area (Å²) >= 11 is 0. The molecular weight excluding hydrogens is 533 g/mol. The molecule has 2 aromatic heterocycles. The summed E-state index contributed by atoms with van der Waals surface area (Å²) in [6.45, 7) is 0.318. The van der Waals surface area contributed by atoms with Crippen LogP contribution in [-0.2, 0) is 27.5 Å². The van der Waals surface area contributed by atoms with Crippen LogP contribution in [-0.4, -0.2) is 43.2 Å². The lowest BCUT2D eigenvalue weighted by Gasteiger charge is -2.22. The van der Waals surface area contributed by atoms with E-state index in [0.717, 1.165) is 12.1 Å². The number of nitrogens with one attached hydrogen (secondary N) is 1. The predicted octanol–water partition coefficient (Wildman–Crippen LogP) is 5.08. The molecule has 0 radical (unpaired) electrons. The zero-order valence-corrected chi connectivity index (χ0v) is 21.7. The second-order valence-electron chi connectivity index (χ2n) is 9.22. The molecule has 0 saturated carbocycles. The minimum atomic E-state index is -4.42. The van der Waals surface area contributed by atoms with E-state index in [9.17, 15) is 26.4 Å². The highest BCUT2D eigenvalue weighted by molar-refractivity contribution is 7.89. The average Bonchev–Trinajstić information content (AvgIpc) is 3.60. The second kappa shape index (κ2) is 10.3. The van der Waals surface area contributed by atoms with Gasteiger partial charge in [0, 0.05) is 43.5 Å². The van der Waals surface area contributed by atoms with Gasteiger partial charge in [0.25, 0.3) is 10.0 Å². The molecule has 2 aromatic carbocycles. The lowest BCUT2D eigenvalue weighted by atomic mass is 10.2. The Morgan fingerprint density at radius 2 is 1.87 bits per heavy atom. The summed E-state index contributed by atoms with van der Waals surface area (Å²) in [4.78, 5) is 19.0. The van der Waals surface area contributed by atoms with Gasteiger partial charge in [0.2, 0.25) is 11.0 Å². The maximum absolute atomic E-state index is 13.3. The van der Waals surface area contributed by atoms with Gasteiger partial charge >= 0.3 is 6.18 Å². The molecule has 1 N–H and O–H groups in total. The fourth-order valence-corrected chi connectivity index (χ4v) is 6.17.